The molecule has 3 atom stereocenters. The Kier molecular flexibility index (Phi) is 12.3. The van der Waals surface area contributed by atoms with Crippen LogP contribution in [0.2, 0.25) is 0 Å². The van der Waals surface area contributed by atoms with E-state index in [9.17, 15) is 14.7 Å². The van der Waals surface area contributed by atoms with Gasteiger partial charge in [0.15, 0.2) is 0 Å². The van der Waals surface area contributed by atoms with Gasteiger partial charge in [0.25, 0.3) is 0 Å². The first-order valence-corrected chi connectivity index (χ1v) is 13.9. The van der Waals surface area contributed by atoms with Gasteiger partial charge in [0.1, 0.15) is 5.60 Å². The molecule has 0 saturated carbocycles. The molecule has 0 aliphatic rings. The van der Waals surface area contributed by atoms with E-state index in [0.717, 1.165) is 17.5 Å². The highest BCUT2D eigenvalue weighted by Crippen LogP contribution is 2.19. The minimum Gasteiger partial charge on any atom is -0.444 e. The molecule has 6 nitrogen and oxygen atoms in total. The molecule has 1 unspecified atom stereocenters. The molecule has 2 rings (SSSR count). The van der Waals surface area contributed by atoms with Gasteiger partial charge in [-0.2, -0.15) is 0 Å². The van der Waals surface area contributed by atoms with Crippen molar-refractivity contribution in [3.8, 4) is 0 Å². The lowest BCUT2D eigenvalue weighted by Gasteiger charge is -2.34. The molecule has 6 heteroatoms. The number of carbonyl (C=O) groups excluding carboxylic acids is 2. The van der Waals surface area contributed by atoms with Gasteiger partial charge < -0.3 is 19.6 Å². The van der Waals surface area contributed by atoms with Crippen molar-refractivity contribution < 1.29 is 19.4 Å². The largest absolute Gasteiger partial charge is 0.444 e. The number of hydrogen-bond donors (Lipinski definition) is 1. The number of rotatable bonds is 13. The number of aliphatic hydroxyl groups is 1. The summed E-state index contributed by atoms with van der Waals surface area (Å²) in [6.45, 7) is 14.8. The maximum atomic E-state index is 13.6. The van der Waals surface area contributed by atoms with Crippen LogP contribution >= 0.6 is 0 Å². The summed E-state index contributed by atoms with van der Waals surface area (Å²) in [5, 5.41) is 11.0. The summed E-state index contributed by atoms with van der Waals surface area (Å²) in [5.74, 6) is 0.381. The van der Waals surface area contributed by atoms with Crippen molar-refractivity contribution in [3.05, 3.63) is 71.8 Å². The van der Waals surface area contributed by atoms with Crippen LogP contribution in [0.15, 0.2) is 60.7 Å². The highest BCUT2D eigenvalue weighted by molar-refractivity contribution is 5.79. The van der Waals surface area contributed by atoms with E-state index in [-0.39, 0.29) is 24.4 Å². The molecule has 2 aromatic carbocycles. The Hall–Kier alpha value is -2.86. The van der Waals surface area contributed by atoms with Crippen LogP contribution in [0.1, 0.15) is 72.4 Å². The van der Waals surface area contributed by atoms with Crippen molar-refractivity contribution >= 4 is 12.0 Å². The monoisotopic (exact) mass is 524 g/mol. The zero-order chi connectivity index (χ0) is 28.3. The Balaban J connectivity index is 2.10. The zero-order valence-corrected chi connectivity index (χ0v) is 24.4. The summed E-state index contributed by atoms with van der Waals surface area (Å²) in [6.07, 6.45) is 0.685. The van der Waals surface area contributed by atoms with Crippen LogP contribution in [0.5, 0.6) is 0 Å². The highest BCUT2D eigenvalue weighted by Gasteiger charge is 2.28. The van der Waals surface area contributed by atoms with Gasteiger partial charge >= 0.3 is 6.09 Å². The van der Waals surface area contributed by atoms with E-state index >= 15 is 0 Å². The number of nitrogens with zero attached hydrogens (tertiary/aromatic N) is 2. The fraction of sp³-hybridized carbons (Fsp3) is 0.562. The van der Waals surface area contributed by atoms with Crippen LogP contribution in [0.3, 0.4) is 0 Å². The molecule has 0 fully saturated rings. The van der Waals surface area contributed by atoms with Crippen molar-refractivity contribution in [2.24, 2.45) is 11.8 Å². The Morgan fingerprint density at radius 1 is 0.895 bits per heavy atom. The lowest BCUT2D eigenvalue weighted by atomic mass is 9.97. The fourth-order valence-electron chi connectivity index (χ4n) is 4.66. The molecule has 38 heavy (non-hydrogen) atoms. The van der Waals surface area contributed by atoms with Crippen molar-refractivity contribution in [3.63, 3.8) is 0 Å². The second-order valence-corrected chi connectivity index (χ2v) is 11.9. The third-order valence-corrected chi connectivity index (χ3v) is 6.44. The molecule has 2 amide bonds. The smallest absolute Gasteiger partial charge is 0.410 e. The van der Waals surface area contributed by atoms with Gasteiger partial charge in [-0.3, -0.25) is 4.79 Å². The summed E-state index contributed by atoms with van der Waals surface area (Å²) < 4.78 is 5.62. The number of carbonyl (C=O) groups is 2. The predicted octanol–water partition coefficient (Wildman–Crippen LogP) is 6.32. The van der Waals surface area contributed by atoms with E-state index in [1.54, 1.807) is 4.90 Å². The van der Waals surface area contributed by atoms with Gasteiger partial charge in [0.05, 0.1) is 12.6 Å². The van der Waals surface area contributed by atoms with Crippen LogP contribution in [-0.4, -0.2) is 57.7 Å². The first kappa shape index (κ1) is 31.4. The van der Waals surface area contributed by atoms with Gasteiger partial charge in [-0.05, 0) is 64.0 Å². The predicted molar refractivity (Wildman–Crippen MR) is 154 cm³/mol. The SMILES string of the molecule is CC(C)C[C@@H](C)N(CCC(O)CN(Cc1ccccc1)C(=O)OC(C)(C)C)C(=O)[C@@H](C)Cc1ccccc1. The van der Waals surface area contributed by atoms with Gasteiger partial charge in [-0.15, -0.1) is 0 Å². The Bertz CT molecular complexity index is 972. The lowest BCUT2D eigenvalue weighted by molar-refractivity contribution is -0.137. The number of benzene rings is 2. The normalized spacial score (nSPS) is 14.0. The molecule has 0 aromatic heterocycles. The molecule has 0 spiro atoms. The van der Waals surface area contributed by atoms with E-state index in [2.05, 4.69) is 20.8 Å². The molecule has 0 radical (unpaired) electrons. The summed E-state index contributed by atoms with van der Waals surface area (Å²) in [5.41, 5.74) is 1.46. The van der Waals surface area contributed by atoms with Crippen molar-refractivity contribution in [2.45, 2.75) is 92.0 Å². The average Bonchev–Trinajstić information content (AvgIpc) is 2.83. The van der Waals surface area contributed by atoms with Gasteiger partial charge in [0, 0.05) is 25.0 Å². The summed E-state index contributed by atoms with van der Waals surface area (Å²) in [6, 6.07) is 19.8. The van der Waals surface area contributed by atoms with E-state index in [4.69, 9.17) is 4.74 Å². The lowest BCUT2D eigenvalue weighted by Crippen LogP contribution is -2.45. The van der Waals surface area contributed by atoms with Crippen molar-refractivity contribution in [1.82, 2.24) is 9.80 Å². The van der Waals surface area contributed by atoms with E-state index < -0.39 is 17.8 Å². The maximum absolute atomic E-state index is 13.6. The Morgan fingerprint density at radius 3 is 1.97 bits per heavy atom. The van der Waals surface area contributed by atoms with Gasteiger partial charge in [-0.25, -0.2) is 4.79 Å². The van der Waals surface area contributed by atoms with E-state index in [1.165, 1.54) is 0 Å². The van der Waals surface area contributed by atoms with Crippen LogP contribution in [0.4, 0.5) is 4.79 Å². The van der Waals surface area contributed by atoms with E-state index in [1.807, 2.05) is 93.3 Å². The third kappa shape index (κ3) is 11.3. The highest BCUT2D eigenvalue weighted by atomic mass is 16.6. The Morgan fingerprint density at radius 2 is 1.45 bits per heavy atom. The number of amides is 2. The average molecular weight is 525 g/mol. The second kappa shape index (κ2) is 14.9. The third-order valence-electron chi connectivity index (χ3n) is 6.44. The van der Waals surface area contributed by atoms with E-state index in [0.29, 0.717) is 31.8 Å². The van der Waals surface area contributed by atoms with Crippen molar-refractivity contribution in [1.29, 1.82) is 0 Å². The molecule has 210 valence electrons. The van der Waals surface area contributed by atoms with Crippen LogP contribution in [0, 0.1) is 11.8 Å². The molecule has 0 aliphatic heterocycles. The first-order valence-electron chi connectivity index (χ1n) is 13.9. The molecule has 0 aliphatic carbocycles. The van der Waals surface area contributed by atoms with Crippen LogP contribution in [-0.2, 0) is 22.5 Å². The molecular formula is C32H48N2O4. The summed E-state index contributed by atoms with van der Waals surface area (Å²) >= 11 is 0. The minimum absolute atomic E-state index is 0.0548. The zero-order valence-electron chi connectivity index (χ0n) is 24.4. The van der Waals surface area contributed by atoms with Crippen LogP contribution in [0.25, 0.3) is 0 Å². The summed E-state index contributed by atoms with van der Waals surface area (Å²) in [7, 11) is 0. The van der Waals surface area contributed by atoms with Gasteiger partial charge in [-0.1, -0.05) is 81.4 Å². The quantitative estimate of drug-likeness (QED) is 0.333. The number of hydrogen-bond acceptors (Lipinski definition) is 4. The van der Waals surface area contributed by atoms with Crippen molar-refractivity contribution in [2.75, 3.05) is 13.1 Å². The number of ether oxygens (including phenoxy) is 1. The molecule has 0 saturated heterocycles. The summed E-state index contributed by atoms with van der Waals surface area (Å²) in [4.78, 5) is 30.0. The molecule has 0 heterocycles. The molecule has 0 bridgehead atoms. The maximum Gasteiger partial charge on any atom is 0.410 e. The Labute approximate surface area is 230 Å². The van der Waals surface area contributed by atoms with Crippen LogP contribution < -0.4 is 0 Å². The van der Waals surface area contributed by atoms with Gasteiger partial charge in [0.2, 0.25) is 5.91 Å². The standard InChI is InChI=1S/C32H48N2O4/c1-24(2)20-26(4)34(30(36)25(3)21-27-14-10-8-11-15-27)19-18-29(35)23-33(31(37)38-32(5,6)7)22-28-16-12-9-13-17-28/h8-17,24-26,29,35H,18-23H2,1-7H3/t25-,26+,29?/m0/s1. The fourth-order valence-corrected chi connectivity index (χ4v) is 4.66. The topological polar surface area (TPSA) is 70.1 Å². The molecular weight excluding hydrogens is 476 g/mol. The molecule has 2 aromatic rings. The number of aliphatic hydroxyl groups excluding tert-OH is 1. The second-order valence-electron chi connectivity index (χ2n) is 11.9. The first-order chi connectivity index (χ1) is 17.9. The minimum atomic E-state index is -0.794. The molecule has 1 N–H and O–H groups in total.